The summed E-state index contributed by atoms with van der Waals surface area (Å²) in [7, 11) is 0. The van der Waals surface area contributed by atoms with Gasteiger partial charge in [0.1, 0.15) is 5.01 Å². The predicted octanol–water partition coefficient (Wildman–Crippen LogP) is 5.62. The Labute approximate surface area is 154 Å². The first-order chi connectivity index (χ1) is 13.0. The zero-order valence-corrected chi connectivity index (χ0v) is 14.5. The van der Waals surface area contributed by atoms with Crippen molar-refractivity contribution in [2.24, 2.45) is 0 Å². The zero-order chi connectivity index (χ0) is 18.6. The monoisotopic (exact) mass is 384 g/mol. The van der Waals surface area contributed by atoms with Crippen LogP contribution < -0.4 is 0 Å². The van der Waals surface area contributed by atoms with Crippen molar-refractivity contribution in [1.82, 2.24) is 19.6 Å². The third-order valence-corrected chi connectivity index (χ3v) is 5.33. The van der Waals surface area contributed by atoms with Gasteiger partial charge in [0.05, 0.1) is 17.5 Å². The van der Waals surface area contributed by atoms with Crippen molar-refractivity contribution in [3.8, 4) is 21.8 Å². The Kier molecular flexibility index (Phi) is 3.38. The molecule has 5 rings (SSSR count). The molecular formula is C19H11F3N4S. The average Bonchev–Trinajstić information content (AvgIpc) is 3.33. The number of imidazole rings is 1. The molecule has 5 aromatic rings. The molecule has 0 atom stereocenters. The maximum absolute atomic E-state index is 12.7. The molecule has 0 unspecified atom stereocenters. The molecule has 0 saturated heterocycles. The van der Waals surface area contributed by atoms with Crippen molar-refractivity contribution in [3.63, 3.8) is 0 Å². The van der Waals surface area contributed by atoms with Gasteiger partial charge in [-0.3, -0.25) is 0 Å². The Morgan fingerprint density at radius 3 is 2.52 bits per heavy atom. The first kappa shape index (κ1) is 16.1. The molecule has 0 radical (unpaired) electrons. The fourth-order valence-electron chi connectivity index (χ4n) is 3.03. The van der Waals surface area contributed by atoms with Crippen LogP contribution in [0.4, 0.5) is 13.2 Å². The highest BCUT2D eigenvalue weighted by Crippen LogP contribution is 2.34. The lowest BCUT2D eigenvalue weighted by Gasteiger charge is -2.06. The topological polar surface area (TPSA) is 46.0 Å². The number of nitrogens with zero attached hydrogens (tertiary/aromatic N) is 3. The normalized spacial score (nSPS) is 12.3. The van der Waals surface area contributed by atoms with E-state index in [0.717, 1.165) is 33.6 Å². The second-order valence-electron chi connectivity index (χ2n) is 6.08. The van der Waals surface area contributed by atoms with E-state index in [1.165, 1.54) is 23.5 Å². The third-order valence-electron chi connectivity index (χ3n) is 4.37. The van der Waals surface area contributed by atoms with Crippen molar-refractivity contribution in [3.05, 3.63) is 66.5 Å². The van der Waals surface area contributed by atoms with Gasteiger partial charge in [0.2, 0.25) is 4.96 Å². The minimum atomic E-state index is -4.34. The molecular weight excluding hydrogens is 373 g/mol. The van der Waals surface area contributed by atoms with Gasteiger partial charge in [0, 0.05) is 28.2 Å². The molecule has 8 heteroatoms. The fraction of sp³-hybridized carbons (Fsp3) is 0.0526. The van der Waals surface area contributed by atoms with Crippen LogP contribution in [-0.4, -0.2) is 19.6 Å². The van der Waals surface area contributed by atoms with Gasteiger partial charge in [-0.1, -0.05) is 41.7 Å². The molecule has 4 nitrogen and oxygen atoms in total. The van der Waals surface area contributed by atoms with Crippen LogP contribution in [-0.2, 0) is 6.18 Å². The van der Waals surface area contributed by atoms with Crippen molar-refractivity contribution in [1.29, 1.82) is 0 Å². The Morgan fingerprint density at radius 2 is 1.78 bits per heavy atom. The standard InChI is InChI=1S/C19H11F3N4S/c20-19(21,22)12-7-5-11(6-8-12)16-10-26-18(24-16)27-17(25-26)14-9-23-15-4-2-1-3-13(14)15/h1-10,23H. The molecule has 0 aliphatic carbocycles. The highest BCUT2D eigenvalue weighted by atomic mass is 32.1. The van der Waals surface area contributed by atoms with Crippen molar-refractivity contribution >= 4 is 27.2 Å². The lowest BCUT2D eigenvalue weighted by atomic mass is 10.1. The molecule has 3 heterocycles. The predicted molar refractivity (Wildman–Crippen MR) is 98.6 cm³/mol. The molecule has 27 heavy (non-hydrogen) atoms. The summed E-state index contributed by atoms with van der Waals surface area (Å²) >= 11 is 1.43. The molecule has 0 bridgehead atoms. The van der Waals surface area contributed by atoms with E-state index in [1.807, 2.05) is 30.5 Å². The van der Waals surface area contributed by atoms with Crippen LogP contribution in [0.1, 0.15) is 5.56 Å². The Hall–Kier alpha value is -3.13. The number of hydrogen-bond donors (Lipinski definition) is 1. The van der Waals surface area contributed by atoms with Gasteiger partial charge in [-0.05, 0) is 18.2 Å². The lowest BCUT2D eigenvalue weighted by molar-refractivity contribution is -0.137. The van der Waals surface area contributed by atoms with Crippen molar-refractivity contribution in [2.75, 3.05) is 0 Å². The Balaban J connectivity index is 1.52. The third kappa shape index (κ3) is 2.69. The molecule has 134 valence electrons. The number of hydrogen-bond acceptors (Lipinski definition) is 3. The van der Waals surface area contributed by atoms with Gasteiger partial charge in [0.15, 0.2) is 0 Å². The first-order valence-corrected chi connectivity index (χ1v) is 8.91. The zero-order valence-electron chi connectivity index (χ0n) is 13.7. The molecule has 0 spiro atoms. The molecule has 1 N–H and O–H groups in total. The van der Waals surface area contributed by atoms with Crippen LogP contribution in [0.25, 0.3) is 37.7 Å². The highest BCUT2D eigenvalue weighted by molar-refractivity contribution is 7.20. The maximum atomic E-state index is 12.7. The van der Waals surface area contributed by atoms with Gasteiger partial charge in [-0.25, -0.2) is 9.50 Å². The maximum Gasteiger partial charge on any atom is 0.416 e. The average molecular weight is 384 g/mol. The van der Waals surface area contributed by atoms with Gasteiger partial charge in [-0.2, -0.15) is 18.3 Å². The number of halogens is 3. The second-order valence-corrected chi connectivity index (χ2v) is 7.04. The van der Waals surface area contributed by atoms with Crippen LogP contribution in [0.3, 0.4) is 0 Å². The van der Waals surface area contributed by atoms with Gasteiger partial charge >= 0.3 is 6.18 Å². The molecule has 0 aliphatic heterocycles. The van der Waals surface area contributed by atoms with E-state index >= 15 is 0 Å². The quantitative estimate of drug-likeness (QED) is 0.429. The van der Waals surface area contributed by atoms with E-state index in [4.69, 9.17) is 0 Å². The number of aromatic nitrogens is 4. The van der Waals surface area contributed by atoms with Crippen molar-refractivity contribution in [2.45, 2.75) is 6.18 Å². The van der Waals surface area contributed by atoms with Gasteiger partial charge in [-0.15, -0.1) is 0 Å². The summed E-state index contributed by atoms with van der Waals surface area (Å²) in [6.07, 6.45) is -0.699. The number of fused-ring (bicyclic) bond motifs is 2. The molecule has 0 amide bonds. The summed E-state index contributed by atoms with van der Waals surface area (Å²) in [5.74, 6) is 0. The summed E-state index contributed by atoms with van der Waals surface area (Å²) in [5, 5.41) is 6.49. The van der Waals surface area contributed by atoms with E-state index in [-0.39, 0.29) is 0 Å². The number of nitrogens with one attached hydrogen (secondary N) is 1. The van der Waals surface area contributed by atoms with Gasteiger partial charge < -0.3 is 4.98 Å². The van der Waals surface area contributed by atoms with Crippen LogP contribution in [0.5, 0.6) is 0 Å². The summed E-state index contributed by atoms with van der Waals surface area (Å²) in [5.41, 5.74) is 2.57. The van der Waals surface area contributed by atoms with Crippen LogP contribution >= 0.6 is 11.3 Å². The molecule has 2 aromatic carbocycles. The van der Waals surface area contributed by atoms with Gasteiger partial charge in [0.25, 0.3) is 0 Å². The first-order valence-electron chi connectivity index (χ1n) is 8.09. The van der Waals surface area contributed by atoms with Crippen LogP contribution in [0.15, 0.2) is 60.9 Å². The molecule has 0 saturated carbocycles. The van der Waals surface area contributed by atoms with E-state index in [9.17, 15) is 13.2 Å². The summed E-state index contributed by atoms with van der Waals surface area (Å²) in [4.78, 5) is 8.42. The van der Waals surface area contributed by atoms with Crippen LogP contribution in [0, 0.1) is 0 Å². The highest BCUT2D eigenvalue weighted by Gasteiger charge is 2.30. The van der Waals surface area contributed by atoms with Crippen molar-refractivity contribution < 1.29 is 13.2 Å². The summed E-state index contributed by atoms with van der Waals surface area (Å²) in [6, 6.07) is 12.9. The van der Waals surface area contributed by atoms with Crippen LogP contribution in [0.2, 0.25) is 0 Å². The number of H-pyrrole nitrogens is 1. The number of alkyl halides is 3. The second kappa shape index (κ2) is 5.68. The summed E-state index contributed by atoms with van der Waals surface area (Å²) in [6.45, 7) is 0. The fourth-order valence-corrected chi connectivity index (χ4v) is 3.94. The number of benzene rings is 2. The van der Waals surface area contributed by atoms with E-state index in [2.05, 4.69) is 15.1 Å². The number of para-hydroxylation sites is 1. The lowest BCUT2D eigenvalue weighted by Crippen LogP contribution is -2.03. The minimum Gasteiger partial charge on any atom is -0.360 e. The minimum absolute atomic E-state index is 0.591. The number of rotatable bonds is 2. The largest absolute Gasteiger partial charge is 0.416 e. The molecule has 0 aliphatic rings. The Bertz CT molecular complexity index is 1230. The number of aromatic amines is 1. The Morgan fingerprint density at radius 1 is 1.00 bits per heavy atom. The van der Waals surface area contributed by atoms with E-state index in [0.29, 0.717) is 16.2 Å². The van der Waals surface area contributed by atoms with E-state index in [1.54, 1.807) is 10.7 Å². The SMILES string of the molecule is FC(F)(F)c1ccc(-c2cn3nc(-c4c[nH]c5ccccc45)sc3n2)cc1. The smallest absolute Gasteiger partial charge is 0.360 e. The summed E-state index contributed by atoms with van der Waals surface area (Å²) < 4.78 is 39.8. The molecule has 0 fully saturated rings. The molecule has 3 aromatic heterocycles. The van der Waals surface area contributed by atoms with E-state index < -0.39 is 11.7 Å².